The standard InChI is InChI=1S/C11H15N5/c12-9-5-8-11(15-6-14-8)10(16-9)7-1-3-13-4-2-7/h5-7,13H,1-4H2,(H2,12,16)(H,14,15). The Morgan fingerprint density at radius 2 is 2.12 bits per heavy atom. The molecule has 5 heteroatoms. The molecule has 0 aliphatic carbocycles. The fourth-order valence-corrected chi connectivity index (χ4v) is 2.37. The summed E-state index contributed by atoms with van der Waals surface area (Å²) in [6.07, 6.45) is 3.92. The Balaban J connectivity index is 2.09. The highest BCUT2D eigenvalue weighted by molar-refractivity contribution is 5.79. The molecule has 0 spiro atoms. The second-order valence-corrected chi connectivity index (χ2v) is 4.26. The number of H-pyrrole nitrogens is 1. The number of pyridine rings is 1. The average molecular weight is 217 g/mol. The first-order chi connectivity index (χ1) is 7.84. The minimum Gasteiger partial charge on any atom is -0.384 e. The Kier molecular flexibility index (Phi) is 2.25. The van der Waals surface area contributed by atoms with Gasteiger partial charge in [0, 0.05) is 12.0 Å². The number of piperidine rings is 1. The highest BCUT2D eigenvalue weighted by Crippen LogP contribution is 2.29. The molecule has 0 radical (unpaired) electrons. The number of nitrogens with one attached hydrogen (secondary N) is 2. The number of aromatic nitrogens is 3. The lowest BCUT2D eigenvalue weighted by Crippen LogP contribution is -2.27. The van der Waals surface area contributed by atoms with Gasteiger partial charge in [0.1, 0.15) is 11.3 Å². The summed E-state index contributed by atoms with van der Waals surface area (Å²) in [4.78, 5) is 11.9. The van der Waals surface area contributed by atoms with Crippen molar-refractivity contribution in [3.05, 3.63) is 18.1 Å². The fourth-order valence-electron chi connectivity index (χ4n) is 2.37. The summed E-state index contributed by atoms with van der Waals surface area (Å²) >= 11 is 0. The van der Waals surface area contributed by atoms with Crippen LogP contribution >= 0.6 is 0 Å². The monoisotopic (exact) mass is 217 g/mol. The van der Waals surface area contributed by atoms with Crippen molar-refractivity contribution < 1.29 is 0 Å². The van der Waals surface area contributed by atoms with Crippen LogP contribution in [0.2, 0.25) is 0 Å². The Morgan fingerprint density at radius 3 is 2.94 bits per heavy atom. The molecule has 3 rings (SSSR count). The van der Waals surface area contributed by atoms with E-state index in [1.165, 1.54) is 0 Å². The molecule has 0 amide bonds. The number of nitrogens with zero attached hydrogens (tertiary/aromatic N) is 2. The van der Waals surface area contributed by atoms with E-state index in [0.717, 1.165) is 42.7 Å². The largest absolute Gasteiger partial charge is 0.384 e. The molecule has 0 atom stereocenters. The number of hydrogen-bond donors (Lipinski definition) is 3. The van der Waals surface area contributed by atoms with Crippen LogP contribution < -0.4 is 11.1 Å². The second-order valence-electron chi connectivity index (χ2n) is 4.26. The van der Waals surface area contributed by atoms with E-state index in [0.29, 0.717) is 11.7 Å². The van der Waals surface area contributed by atoms with Crippen molar-refractivity contribution in [3.8, 4) is 0 Å². The van der Waals surface area contributed by atoms with Crippen LogP contribution in [-0.4, -0.2) is 28.0 Å². The van der Waals surface area contributed by atoms with E-state index in [9.17, 15) is 0 Å². The summed E-state index contributed by atoms with van der Waals surface area (Å²) in [6.45, 7) is 2.10. The smallest absolute Gasteiger partial charge is 0.125 e. The molecular formula is C11H15N5. The molecule has 1 aliphatic heterocycles. The number of imidazole rings is 1. The van der Waals surface area contributed by atoms with Gasteiger partial charge >= 0.3 is 0 Å². The second kappa shape index (κ2) is 3.75. The summed E-state index contributed by atoms with van der Waals surface area (Å²) < 4.78 is 0. The summed E-state index contributed by atoms with van der Waals surface area (Å²) in [7, 11) is 0. The molecule has 0 unspecified atom stereocenters. The number of anilines is 1. The summed E-state index contributed by atoms with van der Waals surface area (Å²) in [5.74, 6) is 1.06. The van der Waals surface area contributed by atoms with E-state index in [1.54, 1.807) is 6.33 Å². The third-order valence-electron chi connectivity index (χ3n) is 3.18. The normalized spacial score (nSPS) is 18.0. The maximum absolute atomic E-state index is 5.82. The molecule has 0 bridgehead atoms. The van der Waals surface area contributed by atoms with Crippen LogP contribution in [0, 0.1) is 0 Å². The van der Waals surface area contributed by atoms with Gasteiger partial charge in [-0.1, -0.05) is 0 Å². The number of fused-ring (bicyclic) bond motifs is 1. The van der Waals surface area contributed by atoms with Crippen LogP contribution in [0.1, 0.15) is 24.5 Å². The van der Waals surface area contributed by atoms with E-state index in [-0.39, 0.29) is 0 Å². The van der Waals surface area contributed by atoms with Gasteiger partial charge in [-0.3, -0.25) is 0 Å². The van der Waals surface area contributed by atoms with Gasteiger partial charge in [0.2, 0.25) is 0 Å². The minimum absolute atomic E-state index is 0.482. The topological polar surface area (TPSA) is 79.6 Å². The Bertz CT molecular complexity index is 498. The maximum Gasteiger partial charge on any atom is 0.125 e. The third-order valence-corrected chi connectivity index (χ3v) is 3.18. The Hall–Kier alpha value is -1.62. The molecule has 0 aromatic carbocycles. The van der Waals surface area contributed by atoms with Gasteiger partial charge in [-0.05, 0) is 25.9 Å². The van der Waals surface area contributed by atoms with Crippen LogP contribution in [0.3, 0.4) is 0 Å². The molecule has 4 N–H and O–H groups in total. The van der Waals surface area contributed by atoms with Gasteiger partial charge in [-0.2, -0.15) is 0 Å². The van der Waals surface area contributed by atoms with Crippen molar-refractivity contribution in [2.45, 2.75) is 18.8 Å². The van der Waals surface area contributed by atoms with E-state index in [4.69, 9.17) is 5.73 Å². The molecule has 5 nitrogen and oxygen atoms in total. The molecule has 0 saturated carbocycles. The van der Waals surface area contributed by atoms with Gasteiger partial charge in [0.15, 0.2) is 0 Å². The number of hydrogen-bond acceptors (Lipinski definition) is 4. The minimum atomic E-state index is 0.482. The summed E-state index contributed by atoms with van der Waals surface area (Å²) in [6, 6.07) is 1.84. The quantitative estimate of drug-likeness (QED) is 0.666. The van der Waals surface area contributed by atoms with E-state index in [1.807, 2.05) is 6.07 Å². The number of aromatic amines is 1. The van der Waals surface area contributed by atoms with Crippen molar-refractivity contribution in [1.29, 1.82) is 0 Å². The fraction of sp³-hybridized carbons (Fsp3) is 0.455. The number of nitrogen functional groups attached to an aromatic ring is 1. The van der Waals surface area contributed by atoms with Gasteiger partial charge in [-0.25, -0.2) is 9.97 Å². The van der Waals surface area contributed by atoms with Gasteiger partial charge in [0.25, 0.3) is 0 Å². The summed E-state index contributed by atoms with van der Waals surface area (Å²) in [5.41, 5.74) is 8.83. The first-order valence-corrected chi connectivity index (χ1v) is 5.65. The Labute approximate surface area is 93.5 Å². The van der Waals surface area contributed by atoms with Crippen LogP contribution in [0.4, 0.5) is 5.82 Å². The van der Waals surface area contributed by atoms with Crippen LogP contribution in [0.25, 0.3) is 11.0 Å². The van der Waals surface area contributed by atoms with Crippen molar-refractivity contribution in [3.63, 3.8) is 0 Å². The molecule has 1 aliphatic rings. The SMILES string of the molecule is Nc1cc2[nH]cnc2c(C2CCNCC2)n1. The zero-order chi connectivity index (χ0) is 11.0. The van der Waals surface area contributed by atoms with Gasteiger partial charge < -0.3 is 16.0 Å². The summed E-state index contributed by atoms with van der Waals surface area (Å²) in [5, 5.41) is 3.35. The maximum atomic E-state index is 5.82. The van der Waals surface area contributed by atoms with Crippen LogP contribution in [0.15, 0.2) is 12.4 Å². The first-order valence-electron chi connectivity index (χ1n) is 5.65. The zero-order valence-corrected chi connectivity index (χ0v) is 9.03. The van der Waals surface area contributed by atoms with Crippen molar-refractivity contribution in [2.75, 3.05) is 18.8 Å². The van der Waals surface area contributed by atoms with Gasteiger partial charge in [0.05, 0.1) is 17.5 Å². The van der Waals surface area contributed by atoms with Crippen molar-refractivity contribution >= 4 is 16.9 Å². The highest BCUT2D eigenvalue weighted by atomic mass is 14.9. The van der Waals surface area contributed by atoms with Crippen LogP contribution in [0.5, 0.6) is 0 Å². The predicted octanol–water partition coefficient (Wildman–Crippen LogP) is 1.01. The van der Waals surface area contributed by atoms with E-state index >= 15 is 0 Å². The van der Waals surface area contributed by atoms with Gasteiger partial charge in [-0.15, -0.1) is 0 Å². The van der Waals surface area contributed by atoms with Crippen molar-refractivity contribution in [1.82, 2.24) is 20.3 Å². The lowest BCUT2D eigenvalue weighted by molar-refractivity contribution is 0.455. The molecule has 1 fully saturated rings. The molecular weight excluding hydrogens is 202 g/mol. The highest BCUT2D eigenvalue weighted by Gasteiger charge is 2.20. The molecule has 2 aromatic heterocycles. The zero-order valence-electron chi connectivity index (χ0n) is 9.03. The molecule has 2 aromatic rings. The molecule has 1 saturated heterocycles. The third kappa shape index (κ3) is 1.53. The molecule has 84 valence electrons. The van der Waals surface area contributed by atoms with Crippen molar-refractivity contribution in [2.24, 2.45) is 0 Å². The molecule has 16 heavy (non-hydrogen) atoms. The average Bonchev–Trinajstić information content (AvgIpc) is 2.77. The first kappa shape index (κ1) is 9.59. The Morgan fingerprint density at radius 1 is 1.31 bits per heavy atom. The molecule has 3 heterocycles. The lowest BCUT2D eigenvalue weighted by atomic mass is 9.93. The number of nitrogens with two attached hydrogens (primary N) is 1. The van der Waals surface area contributed by atoms with Crippen LogP contribution in [-0.2, 0) is 0 Å². The van der Waals surface area contributed by atoms with E-state index < -0.39 is 0 Å². The number of rotatable bonds is 1. The lowest BCUT2D eigenvalue weighted by Gasteiger charge is -2.22. The predicted molar refractivity (Wildman–Crippen MR) is 63.1 cm³/mol. The van der Waals surface area contributed by atoms with E-state index in [2.05, 4.69) is 20.3 Å².